The number of halogens is 1. The van der Waals surface area contributed by atoms with Crippen LogP contribution in [0.15, 0.2) is 24.3 Å². The van der Waals surface area contributed by atoms with Crippen LogP contribution in [0.5, 0.6) is 0 Å². The maximum absolute atomic E-state index is 6.08. The number of hydrogen-bond acceptors (Lipinski definition) is 2. The highest BCUT2D eigenvalue weighted by Crippen LogP contribution is 2.26. The Kier molecular flexibility index (Phi) is 5.04. The molecule has 0 bridgehead atoms. The zero-order valence-corrected chi connectivity index (χ0v) is 12.1. The van der Waals surface area contributed by atoms with E-state index < -0.39 is 0 Å². The normalized spacial score (nSPS) is 22.8. The summed E-state index contributed by atoms with van der Waals surface area (Å²) in [6.07, 6.45) is 3.80. The summed E-state index contributed by atoms with van der Waals surface area (Å²) in [6.45, 7) is 4.57. The fourth-order valence-corrected chi connectivity index (χ4v) is 2.92. The van der Waals surface area contributed by atoms with E-state index in [4.69, 9.17) is 11.6 Å². The molecule has 0 saturated carbocycles. The van der Waals surface area contributed by atoms with Crippen molar-refractivity contribution in [3.05, 3.63) is 34.9 Å². The quantitative estimate of drug-likeness (QED) is 0.901. The Labute approximate surface area is 115 Å². The van der Waals surface area contributed by atoms with Crippen molar-refractivity contribution in [2.24, 2.45) is 0 Å². The first-order valence-electron chi connectivity index (χ1n) is 6.86. The van der Waals surface area contributed by atoms with E-state index in [0.717, 1.165) is 18.1 Å². The van der Waals surface area contributed by atoms with E-state index in [-0.39, 0.29) is 0 Å². The van der Waals surface area contributed by atoms with Gasteiger partial charge in [0.1, 0.15) is 0 Å². The second-order valence-corrected chi connectivity index (χ2v) is 5.67. The lowest BCUT2D eigenvalue weighted by molar-refractivity contribution is 0.171. The monoisotopic (exact) mass is 266 g/mol. The van der Waals surface area contributed by atoms with E-state index in [0.29, 0.717) is 12.1 Å². The van der Waals surface area contributed by atoms with E-state index in [9.17, 15) is 0 Å². The molecule has 1 fully saturated rings. The van der Waals surface area contributed by atoms with E-state index >= 15 is 0 Å². The van der Waals surface area contributed by atoms with Crippen LogP contribution in [0.1, 0.15) is 37.8 Å². The molecule has 0 spiro atoms. The molecule has 0 radical (unpaired) electrons. The standard InChI is InChI=1S/C15H23ClN2/c1-12(13-5-3-6-14(16)11-13)18(2)15-7-4-9-17-10-8-15/h3,5-6,11-12,15,17H,4,7-10H2,1-2H3. The van der Waals surface area contributed by atoms with Gasteiger partial charge in [-0.15, -0.1) is 0 Å². The van der Waals surface area contributed by atoms with Gasteiger partial charge in [-0.2, -0.15) is 0 Å². The van der Waals surface area contributed by atoms with Crippen LogP contribution >= 0.6 is 11.6 Å². The van der Waals surface area contributed by atoms with Gasteiger partial charge in [-0.1, -0.05) is 23.7 Å². The molecule has 1 aromatic carbocycles. The Balaban J connectivity index is 2.05. The lowest BCUT2D eigenvalue weighted by atomic mass is 10.0. The highest BCUT2D eigenvalue weighted by Gasteiger charge is 2.21. The largest absolute Gasteiger partial charge is 0.317 e. The summed E-state index contributed by atoms with van der Waals surface area (Å²) in [4.78, 5) is 2.50. The number of rotatable bonds is 3. The van der Waals surface area contributed by atoms with Crippen LogP contribution in [0.2, 0.25) is 5.02 Å². The number of nitrogens with one attached hydrogen (secondary N) is 1. The van der Waals surface area contributed by atoms with Crippen LogP contribution in [-0.2, 0) is 0 Å². The fourth-order valence-electron chi connectivity index (χ4n) is 2.73. The van der Waals surface area contributed by atoms with Gasteiger partial charge in [0.15, 0.2) is 0 Å². The zero-order chi connectivity index (χ0) is 13.0. The van der Waals surface area contributed by atoms with E-state index in [1.807, 2.05) is 12.1 Å². The van der Waals surface area contributed by atoms with Crippen molar-refractivity contribution < 1.29 is 0 Å². The molecule has 2 nitrogen and oxygen atoms in total. The van der Waals surface area contributed by atoms with Crippen molar-refractivity contribution in [3.8, 4) is 0 Å². The smallest absolute Gasteiger partial charge is 0.0409 e. The van der Waals surface area contributed by atoms with Gasteiger partial charge in [0.05, 0.1) is 0 Å². The molecule has 2 unspecified atom stereocenters. The third-order valence-electron chi connectivity index (χ3n) is 4.06. The average Bonchev–Trinajstić information content (AvgIpc) is 2.66. The molecule has 3 heteroatoms. The molecule has 0 aromatic heterocycles. The van der Waals surface area contributed by atoms with Gasteiger partial charge in [0.25, 0.3) is 0 Å². The summed E-state index contributed by atoms with van der Waals surface area (Å²) in [5.74, 6) is 0. The molecule has 1 aromatic rings. The summed E-state index contributed by atoms with van der Waals surface area (Å²) in [5.41, 5.74) is 1.31. The molecule has 1 aliphatic rings. The van der Waals surface area contributed by atoms with Gasteiger partial charge in [0, 0.05) is 17.1 Å². The summed E-state index contributed by atoms with van der Waals surface area (Å²) >= 11 is 6.08. The first-order valence-corrected chi connectivity index (χ1v) is 7.24. The first-order chi connectivity index (χ1) is 8.68. The second-order valence-electron chi connectivity index (χ2n) is 5.23. The number of nitrogens with zero attached hydrogens (tertiary/aromatic N) is 1. The Bertz CT molecular complexity index is 373. The van der Waals surface area contributed by atoms with Crippen LogP contribution in [0.3, 0.4) is 0 Å². The van der Waals surface area contributed by atoms with Crippen molar-refractivity contribution >= 4 is 11.6 Å². The van der Waals surface area contributed by atoms with Gasteiger partial charge in [-0.05, 0) is 64.0 Å². The Morgan fingerprint density at radius 1 is 1.33 bits per heavy atom. The number of benzene rings is 1. The van der Waals surface area contributed by atoms with Gasteiger partial charge in [-0.3, -0.25) is 4.90 Å². The van der Waals surface area contributed by atoms with Crippen LogP contribution < -0.4 is 5.32 Å². The van der Waals surface area contributed by atoms with Gasteiger partial charge < -0.3 is 5.32 Å². The summed E-state index contributed by atoms with van der Waals surface area (Å²) in [5, 5.41) is 4.30. The summed E-state index contributed by atoms with van der Waals surface area (Å²) in [6, 6.07) is 9.32. The molecular formula is C15H23ClN2. The number of hydrogen-bond donors (Lipinski definition) is 1. The summed E-state index contributed by atoms with van der Waals surface area (Å²) in [7, 11) is 2.24. The minimum atomic E-state index is 0.423. The molecule has 1 N–H and O–H groups in total. The Hall–Kier alpha value is -0.570. The minimum Gasteiger partial charge on any atom is -0.317 e. The first kappa shape index (κ1) is 13.9. The SMILES string of the molecule is CC(c1cccc(Cl)c1)N(C)C1CCCNCC1. The third-order valence-corrected chi connectivity index (χ3v) is 4.30. The topological polar surface area (TPSA) is 15.3 Å². The summed E-state index contributed by atoms with van der Waals surface area (Å²) < 4.78 is 0. The fraction of sp³-hybridized carbons (Fsp3) is 0.600. The van der Waals surface area contributed by atoms with Gasteiger partial charge in [0.2, 0.25) is 0 Å². The maximum atomic E-state index is 6.08. The molecule has 100 valence electrons. The minimum absolute atomic E-state index is 0.423. The second kappa shape index (κ2) is 6.55. The molecule has 0 amide bonds. The van der Waals surface area contributed by atoms with Crippen LogP contribution in [0.25, 0.3) is 0 Å². The Morgan fingerprint density at radius 3 is 2.94 bits per heavy atom. The average molecular weight is 267 g/mol. The van der Waals surface area contributed by atoms with Crippen molar-refractivity contribution in [2.45, 2.75) is 38.3 Å². The van der Waals surface area contributed by atoms with E-state index in [1.54, 1.807) is 0 Å². The van der Waals surface area contributed by atoms with E-state index in [2.05, 4.69) is 36.3 Å². The molecule has 1 heterocycles. The highest BCUT2D eigenvalue weighted by molar-refractivity contribution is 6.30. The maximum Gasteiger partial charge on any atom is 0.0409 e. The van der Waals surface area contributed by atoms with Gasteiger partial charge in [-0.25, -0.2) is 0 Å². The molecule has 0 aliphatic carbocycles. The Morgan fingerprint density at radius 2 is 2.17 bits per heavy atom. The van der Waals surface area contributed by atoms with Crippen molar-refractivity contribution in [3.63, 3.8) is 0 Å². The van der Waals surface area contributed by atoms with Crippen LogP contribution in [0.4, 0.5) is 0 Å². The van der Waals surface area contributed by atoms with Gasteiger partial charge >= 0.3 is 0 Å². The molecule has 2 atom stereocenters. The predicted molar refractivity (Wildman–Crippen MR) is 78.1 cm³/mol. The van der Waals surface area contributed by atoms with Crippen molar-refractivity contribution in [1.29, 1.82) is 0 Å². The lowest BCUT2D eigenvalue weighted by Gasteiger charge is -2.33. The third kappa shape index (κ3) is 3.47. The predicted octanol–water partition coefficient (Wildman–Crippen LogP) is 3.47. The van der Waals surface area contributed by atoms with Crippen molar-refractivity contribution in [1.82, 2.24) is 10.2 Å². The molecular weight excluding hydrogens is 244 g/mol. The van der Waals surface area contributed by atoms with Crippen LogP contribution in [-0.4, -0.2) is 31.1 Å². The van der Waals surface area contributed by atoms with E-state index in [1.165, 1.54) is 24.8 Å². The lowest BCUT2D eigenvalue weighted by Crippen LogP contribution is -2.34. The molecule has 1 aliphatic heterocycles. The van der Waals surface area contributed by atoms with Crippen molar-refractivity contribution in [2.75, 3.05) is 20.1 Å². The highest BCUT2D eigenvalue weighted by atomic mass is 35.5. The molecule has 18 heavy (non-hydrogen) atoms. The molecule has 1 saturated heterocycles. The zero-order valence-electron chi connectivity index (χ0n) is 11.3. The van der Waals surface area contributed by atoms with Crippen LogP contribution in [0, 0.1) is 0 Å². The molecule has 2 rings (SSSR count).